The van der Waals surface area contributed by atoms with Gasteiger partial charge >= 0.3 is 0 Å². The Bertz CT molecular complexity index is 722. The van der Waals surface area contributed by atoms with Crippen LogP contribution in [0.4, 0.5) is 5.69 Å². The van der Waals surface area contributed by atoms with Crippen molar-refractivity contribution in [3.63, 3.8) is 0 Å². The standard InChI is InChI=1S/C23H31NO/c1-5-7-8-11-17(3)25-20-14-18(6-2)23-21-13-10-9-12-19(21)16-24(4)22(23)15-20/h9-10,12-15,17H,5-8,11,16H2,1-4H3. The topological polar surface area (TPSA) is 12.5 Å². The molecule has 0 amide bonds. The number of ether oxygens (including phenoxy) is 1. The molecule has 0 saturated heterocycles. The van der Waals surface area contributed by atoms with Gasteiger partial charge in [0.15, 0.2) is 0 Å². The molecule has 0 radical (unpaired) electrons. The van der Waals surface area contributed by atoms with Crippen LogP contribution in [0.5, 0.6) is 5.75 Å². The number of benzene rings is 2. The second-order valence-corrected chi connectivity index (χ2v) is 7.27. The number of unbranched alkanes of at least 4 members (excludes halogenated alkanes) is 2. The third-order valence-corrected chi connectivity index (χ3v) is 5.21. The summed E-state index contributed by atoms with van der Waals surface area (Å²) in [5.41, 5.74) is 6.86. The highest BCUT2D eigenvalue weighted by Gasteiger charge is 2.23. The normalized spacial score (nSPS) is 14.0. The Kier molecular flexibility index (Phi) is 5.67. The van der Waals surface area contributed by atoms with E-state index in [1.54, 1.807) is 0 Å². The zero-order valence-electron chi connectivity index (χ0n) is 16.1. The number of hydrogen-bond donors (Lipinski definition) is 0. The van der Waals surface area contributed by atoms with Crippen molar-refractivity contribution in [3.05, 3.63) is 47.5 Å². The Morgan fingerprint density at radius 2 is 1.92 bits per heavy atom. The maximum absolute atomic E-state index is 6.28. The van der Waals surface area contributed by atoms with Gasteiger partial charge in [-0.15, -0.1) is 0 Å². The van der Waals surface area contributed by atoms with Crippen molar-refractivity contribution >= 4 is 5.69 Å². The van der Waals surface area contributed by atoms with Crippen LogP contribution in [0.2, 0.25) is 0 Å². The predicted octanol–water partition coefficient (Wildman–Crippen LogP) is 6.21. The van der Waals surface area contributed by atoms with E-state index in [0.717, 1.165) is 25.1 Å². The lowest BCUT2D eigenvalue weighted by molar-refractivity contribution is 0.206. The largest absolute Gasteiger partial charge is 0.491 e. The molecular formula is C23H31NO. The molecule has 1 atom stereocenters. The van der Waals surface area contributed by atoms with Crippen LogP contribution in [0.25, 0.3) is 11.1 Å². The fourth-order valence-corrected chi connectivity index (χ4v) is 3.83. The van der Waals surface area contributed by atoms with Crippen molar-refractivity contribution < 1.29 is 4.74 Å². The molecule has 2 nitrogen and oxygen atoms in total. The lowest BCUT2D eigenvalue weighted by Gasteiger charge is -2.32. The van der Waals surface area contributed by atoms with Crippen molar-refractivity contribution in [2.45, 2.75) is 65.5 Å². The first-order valence-corrected chi connectivity index (χ1v) is 9.77. The first-order chi connectivity index (χ1) is 12.1. The van der Waals surface area contributed by atoms with Gasteiger partial charge < -0.3 is 9.64 Å². The average molecular weight is 338 g/mol. The van der Waals surface area contributed by atoms with Crippen LogP contribution in [-0.4, -0.2) is 13.2 Å². The SMILES string of the molecule is CCCCCC(C)Oc1cc(CC)c2c(c1)N(C)Cc1ccccc1-2. The van der Waals surface area contributed by atoms with Crippen LogP contribution >= 0.6 is 0 Å². The zero-order valence-corrected chi connectivity index (χ0v) is 16.1. The Balaban J connectivity index is 1.91. The van der Waals surface area contributed by atoms with Crippen molar-refractivity contribution in [1.29, 1.82) is 0 Å². The molecule has 134 valence electrons. The van der Waals surface area contributed by atoms with Gasteiger partial charge in [0.2, 0.25) is 0 Å². The lowest BCUT2D eigenvalue weighted by Crippen LogP contribution is -2.22. The minimum absolute atomic E-state index is 0.274. The molecule has 1 aliphatic heterocycles. The second-order valence-electron chi connectivity index (χ2n) is 7.27. The van der Waals surface area contributed by atoms with Gasteiger partial charge in [0.05, 0.1) is 6.10 Å². The molecule has 1 aliphatic rings. The Morgan fingerprint density at radius 1 is 1.12 bits per heavy atom. The minimum Gasteiger partial charge on any atom is -0.491 e. The maximum atomic E-state index is 6.28. The van der Waals surface area contributed by atoms with Crippen molar-refractivity contribution in [2.75, 3.05) is 11.9 Å². The molecule has 25 heavy (non-hydrogen) atoms. The van der Waals surface area contributed by atoms with Gasteiger partial charge in [-0.2, -0.15) is 0 Å². The summed E-state index contributed by atoms with van der Waals surface area (Å²) in [6.07, 6.45) is 6.22. The molecule has 0 aliphatic carbocycles. The van der Waals surface area contributed by atoms with Crippen molar-refractivity contribution in [3.8, 4) is 16.9 Å². The number of fused-ring (bicyclic) bond motifs is 3. The summed E-state index contributed by atoms with van der Waals surface area (Å²) in [6.45, 7) is 7.64. The van der Waals surface area contributed by atoms with Crippen LogP contribution in [0.1, 0.15) is 57.6 Å². The summed E-state index contributed by atoms with van der Waals surface area (Å²) in [5.74, 6) is 1.02. The Hall–Kier alpha value is -1.96. The second kappa shape index (κ2) is 7.95. The van der Waals surface area contributed by atoms with Crippen molar-refractivity contribution in [2.24, 2.45) is 0 Å². The summed E-state index contributed by atoms with van der Waals surface area (Å²) in [6, 6.07) is 13.3. The highest BCUT2D eigenvalue weighted by atomic mass is 16.5. The Labute approximate surface area is 152 Å². The van der Waals surface area contributed by atoms with E-state index in [-0.39, 0.29) is 6.10 Å². The molecule has 3 rings (SSSR count). The fourth-order valence-electron chi connectivity index (χ4n) is 3.83. The van der Waals surface area contributed by atoms with Crippen LogP contribution in [0, 0.1) is 0 Å². The molecule has 2 aromatic rings. The molecule has 2 aromatic carbocycles. The first-order valence-electron chi connectivity index (χ1n) is 9.77. The molecule has 0 saturated carbocycles. The van der Waals surface area contributed by atoms with E-state index < -0.39 is 0 Å². The molecule has 2 heteroatoms. The Morgan fingerprint density at radius 3 is 2.68 bits per heavy atom. The molecule has 1 unspecified atom stereocenters. The summed E-state index contributed by atoms with van der Waals surface area (Å²) < 4.78 is 6.28. The molecule has 1 heterocycles. The summed E-state index contributed by atoms with van der Waals surface area (Å²) >= 11 is 0. The first kappa shape index (κ1) is 17.8. The van der Waals surface area contributed by atoms with Gasteiger partial charge in [-0.05, 0) is 48.9 Å². The average Bonchev–Trinajstić information content (AvgIpc) is 2.61. The van der Waals surface area contributed by atoms with Crippen molar-refractivity contribution in [1.82, 2.24) is 0 Å². The molecule has 0 N–H and O–H groups in total. The molecule has 0 fully saturated rings. The van der Waals surface area contributed by atoms with E-state index in [0.29, 0.717) is 0 Å². The molecular weight excluding hydrogens is 306 g/mol. The maximum Gasteiger partial charge on any atom is 0.122 e. The molecule has 0 spiro atoms. The van der Waals surface area contributed by atoms with Gasteiger partial charge in [0.1, 0.15) is 5.75 Å². The predicted molar refractivity (Wildman–Crippen MR) is 108 cm³/mol. The third-order valence-electron chi connectivity index (χ3n) is 5.21. The number of aryl methyl sites for hydroxylation is 1. The van der Waals surface area contributed by atoms with Crippen LogP contribution in [-0.2, 0) is 13.0 Å². The smallest absolute Gasteiger partial charge is 0.122 e. The quantitative estimate of drug-likeness (QED) is 0.557. The van der Waals surface area contributed by atoms with E-state index in [1.165, 1.54) is 47.2 Å². The summed E-state index contributed by atoms with van der Waals surface area (Å²) in [4.78, 5) is 2.35. The van der Waals surface area contributed by atoms with Gasteiger partial charge in [-0.1, -0.05) is 51.0 Å². The van der Waals surface area contributed by atoms with Gasteiger partial charge in [-0.3, -0.25) is 0 Å². The van der Waals surface area contributed by atoms with Crippen LogP contribution < -0.4 is 9.64 Å². The van der Waals surface area contributed by atoms with E-state index in [4.69, 9.17) is 4.74 Å². The monoisotopic (exact) mass is 337 g/mol. The van der Waals surface area contributed by atoms with E-state index >= 15 is 0 Å². The fraction of sp³-hybridized carbons (Fsp3) is 0.478. The van der Waals surface area contributed by atoms with Gasteiger partial charge in [0.25, 0.3) is 0 Å². The third kappa shape index (κ3) is 3.84. The number of anilines is 1. The highest BCUT2D eigenvalue weighted by Crippen LogP contribution is 2.43. The van der Waals surface area contributed by atoms with E-state index in [1.807, 2.05) is 0 Å². The van der Waals surface area contributed by atoms with Crippen LogP contribution in [0.3, 0.4) is 0 Å². The van der Waals surface area contributed by atoms with Crippen LogP contribution in [0.15, 0.2) is 36.4 Å². The summed E-state index contributed by atoms with van der Waals surface area (Å²) in [5, 5.41) is 0. The van der Waals surface area contributed by atoms with Gasteiger partial charge in [0, 0.05) is 30.9 Å². The van der Waals surface area contributed by atoms with Gasteiger partial charge in [-0.25, -0.2) is 0 Å². The van der Waals surface area contributed by atoms with E-state index in [9.17, 15) is 0 Å². The number of rotatable bonds is 7. The van der Waals surface area contributed by atoms with E-state index in [2.05, 4.69) is 69.1 Å². The zero-order chi connectivity index (χ0) is 17.8. The summed E-state index contributed by atoms with van der Waals surface area (Å²) in [7, 11) is 2.18. The number of hydrogen-bond acceptors (Lipinski definition) is 2. The lowest BCUT2D eigenvalue weighted by atomic mass is 9.89. The molecule has 0 bridgehead atoms. The minimum atomic E-state index is 0.274. The highest BCUT2D eigenvalue weighted by molar-refractivity contribution is 5.87. The number of nitrogens with zero attached hydrogens (tertiary/aromatic N) is 1. The molecule has 0 aromatic heterocycles.